The number of nitrogens with one attached hydrogen (secondary N) is 1. The van der Waals surface area contributed by atoms with Crippen molar-refractivity contribution in [2.45, 2.75) is 25.5 Å². The van der Waals surface area contributed by atoms with Gasteiger partial charge in [-0.2, -0.15) is 0 Å². The predicted molar refractivity (Wildman–Crippen MR) is 57.0 cm³/mol. The lowest BCUT2D eigenvalue weighted by Crippen LogP contribution is -2.28. The highest BCUT2D eigenvalue weighted by molar-refractivity contribution is 5.19. The number of aliphatic hydroxyl groups is 1. The van der Waals surface area contributed by atoms with Gasteiger partial charge >= 0.3 is 0 Å². The SMILES string of the molecule is CC1CN[C@H]([C@H](O)c2ccccc2)C1. The fourth-order valence-corrected chi connectivity index (χ4v) is 2.08. The second kappa shape index (κ2) is 4.11. The molecule has 0 amide bonds. The highest BCUT2D eigenvalue weighted by atomic mass is 16.3. The fraction of sp³-hybridized carbons (Fsp3) is 0.500. The van der Waals surface area contributed by atoms with Gasteiger partial charge in [-0.25, -0.2) is 0 Å². The molecule has 1 aliphatic heterocycles. The van der Waals surface area contributed by atoms with Crippen LogP contribution in [0.1, 0.15) is 25.0 Å². The molecular weight excluding hydrogens is 174 g/mol. The van der Waals surface area contributed by atoms with Crippen LogP contribution >= 0.6 is 0 Å². The molecule has 2 N–H and O–H groups in total. The standard InChI is InChI=1S/C12H17NO/c1-9-7-11(13-8-9)12(14)10-5-3-2-4-6-10/h2-6,9,11-14H,7-8H2,1H3/t9?,11-,12+/m0/s1. The van der Waals surface area contributed by atoms with Gasteiger partial charge in [0.2, 0.25) is 0 Å². The van der Waals surface area contributed by atoms with Crippen molar-refractivity contribution in [3.05, 3.63) is 35.9 Å². The third kappa shape index (κ3) is 1.97. The Kier molecular flexibility index (Phi) is 2.85. The first-order valence-corrected chi connectivity index (χ1v) is 5.24. The van der Waals surface area contributed by atoms with Crippen LogP contribution in [0.3, 0.4) is 0 Å². The maximum atomic E-state index is 10.1. The van der Waals surface area contributed by atoms with Gasteiger partial charge in [0.05, 0.1) is 6.10 Å². The lowest BCUT2D eigenvalue weighted by atomic mass is 9.98. The zero-order chi connectivity index (χ0) is 9.97. The van der Waals surface area contributed by atoms with Crippen molar-refractivity contribution in [3.8, 4) is 0 Å². The van der Waals surface area contributed by atoms with Gasteiger partial charge < -0.3 is 10.4 Å². The Morgan fingerprint density at radius 2 is 2.07 bits per heavy atom. The molecule has 0 aliphatic carbocycles. The summed E-state index contributed by atoms with van der Waals surface area (Å²) in [7, 11) is 0. The molecule has 1 aromatic rings. The van der Waals surface area contributed by atoms with Gasteiger partial charge in [-0.15, -0.1) is 0 Å². The lowest BCUT2D eigenvalue weighted by molar-refractivity contribution is 0.136. The van der Waals surface area contributed by atoms with Gasteiger partial charge in [0.15, 0.2) is 0 Å². The number of rotatable bonds is 2. The Hall–Kier alpha value is -0.860. The first kappa shape index (κ1) is 9.69. The van der Waals surface area contributed by atoms with Gasteiger partial charge in [-0.05, 0) is 24.4 Å². The average Bonchev–Trinajstić information content (AvgIpc) is 2.65. The minimum Gasteiger partial charge on any atom is -0.387 e. The van der Waals surface area contributed by atoms with E-state index in [-0.39, 0.29) is 12.1 Å². The molecule has 0 radical (unpaired) electrons. The van der Waals surface area contributed by atoms with E-state index in [1.54, 1.807) is 0 Å². The number of hydrogen-bond donors (Lipinski definition) is 2. The van der Waals surface area contributed by atoms with Crippen LogP contribution in [0.4, 0.5) is 0 Å². The van der Waals surface area contributed by atoms with E-state index in [0.717, 1.165) is 18.5 Å². The largest absolute Gasteiger partial charge is 0.387 e. The van der Waals surface area contributed by atoms with Crippen molar-refractivity contribution in [2.24, 2.45) is 5.92 Å². The fourth-order valence-electron chi connectivity index (χ4n) is 2.08. The third-order valence-corrected chi connectivity index (χ3v) is 2.91. The van der Waals surface area contributed by atoms with E-state index in [4.69, 9.17) is 0 Å². The van der Waals surface area contributed by atoms with Gasteiger partial charge in [0, 0.05) is 6.04 Å². The lowest BCUT2D eigenvalue weighted by Gasteiger charge is -2.18. The van der Waals surface area contributed by atoms with Crippen LogP contribution in [0, 0.1) is 5.92 Å². The van der Waals surface area contributed by atoms with Gasteiger partial charge in [-0.1, -0.05) is 37.3 Å². The summed E-state index contributed by atoms with van der Waals surface area (Å²) in [6.07, 6.45) is 0.705. The third-order valence-electron chi connectivity index (χ3n) is 2.91. The summed E-state index contributed by atoms with van der Waals surface area (Å²) in [6.45, 7) is 3.24. The molecule has 2 heteroatoms. The molecule has 1 aromatic carbocycles. The van der Waals surface area contributed by atoms with Gasteiger partial charge in [0.25, 0.3) is 0 Å². The molecule has 0 aromatic heterocycles. The molecule has 1 heterocycles. The topological polar surface area (TPSA) is 32.3 Å². The Labute approximate surface area is 85.0 Å². The zero-order valence-corrected chi connectivity index (χ0v) is 8.48. The molecule has 1 unspecified atom stereocenters. The summed E-state index contributed by atoms with van der Waals surface area (Å²) in [5.74, 6) is 0.679. The maximum absolute atomic E-state index is 10.1. The summed E-state index contributed by atoms with van der Waals surface area (Å²) in [5.41, 5.74) is 1.01. The Bertz CT molecular complexity index is 286. The second-order valence-electron chi connectivity index (χ2n) is 4.21. The van der Waals surface area contributed by atoms with Crippen LogP contribution in [0.25, 0.3) is 0 Å². The second-order valence-corrected chi connectivity index (χ2v) is 4.21. The molecule has 14 heavy (non-hydrogen) atoms. The van der Waals surface area contributed by atoms with Crippen LogP contribution in [0.5, 0.6) is 0 Å². The van der Waals surface area contributed by atoms with Crippen molar-refractivity contribution in [3.63, 3.8) is 0 Å². The number of aliphatic hydroxyl groups excluding tert-OH is 1. The Balaban J connectivity index is 2.05. The highest BCUT2D eigenvalue weighted by Gasteiger charge is 2.27. The van der Waals surface area contributed by atoms with Crippen LogP contribution in [-0.2, 0) is 0 Å². The highest BCUT2D eigenvalue weighted by Crippen LogP contribution is 2.25. The maximum Gasteiger partial charge on any atom is 0.0943 e. The minimum absolute atomic E-state index is 0.229. The number of hydrogen-bond acceptors (Lipinski definition) is 2. The van der Waals surface area contributed by atoms with E-state index < -0.39 is 0 Å². The molecule has 1 fully saturated rings. The summed E-state index contributed by atoms with van der Waals surface area (Å²) >= 11 is 0. The molecule has 2 rings (SSSR count). The zero-order valence-electron chi connectivity index (χ0n) is 8.48. The molecule has 0 saturated carbocycles. The first-order valence-electron chi connectivity index (χ1n) is 5.24. The molecule has 3 atom stereocenters. The molecular formula is C12H17NO. The summed E-state index contributed by atoms with van der Waals surface area (Å²) in [5, 5.41) is 13.4. The first-order chi connectivity index (χ1) is 6.77. The van der Waals surface area contributed by atoms with Crippen LogP contribution < -0.4 is 5.32 Å². The monoisotopic (exact) mass is 191 g/mol. The Morgan fingerprint density at radius 1 is 1.36 bits per heavy atom. The van der Waals surface area contributed by atoms with Crippen molar-refractivity contribution < 1.29 is 5.11 Å². The van der Waals surface area contributed by atoms with Crippen molar-refractivity contribution in [1.29, 1.82) is 0 Å². The van der Waals surface area contributed by atoms with Crippen molar-refractivity contribution >= 4 is 0 Å². The van der Waals surface area contributed by atoms with Crippen molar-refractivity contribution in [2.75, 3.05) is 6.54 Å². The predicted octanol–water partition coefficient (Wildman–Crippen LogP) is 1.72. The molecule has 1 saturated heterocycles. The van der Waals surface area contributed by atoms with Crippen molar-refractivity contribution in [1.82, 2.24) is 5.32 Å². The quantitative estimate of drug-likeness (QED) is 0.746. The molecule has 2 nitrogen and oxygen atoms in total. The van der Waals surface area contributed by atoms with Crippen LogP contribution in [0.15, 0.2) is 30.3 Å². The summed E-state index contributed by atoms with van der Waals surface area (Å²) in [6, 6.07) is 10.1. The van der Waals surface area contributed by atoms with E-state index in [1.165, 1.54) is 0 Å². The van der Waals surface area contributed by atoms with Gasteiger partial charge in [-0.3, -0.25) is 0 Å². The van der Waals surface area contributed by atoms with E-state index >= 15 is 0 Å². The smallest absolute Gasteiger partial charge is 0.0943 e. The molecule has 0 bridgehead atoms. The van der Waals surface area contributed by atoms with E-state index in [9.17, 15) is 5.11 Å². The van der Waals surface area contributed by atoms with E-state index in [1.807, 2.05) is 30.3 Å². The summed E-state index contributed by atoms with van der Waals surface area (Å²) < 4.78 is 0. The normalized spacial score (nSPS) is 29.0. The average molecular weight is 191 g/mol. The number of benzene rings is 1. The van der Waals surface area contributed by atoms with Gasteiger partial charge in [0.1, 0.15) is 0 Å². The molecule has 0 spiro atoms. The molecule has 76 valence electrons. The summed E-state index contributed by atoms with van der Waals surface area (Å²) in [4.78, 5) is 0. The van der Waals surface area contributed by atoms with Crippen LogP contribution in [0.2, 0.25) is 0 Å². The minimum atomic E-state index is -0.360. The Morgan fingerprint density at radius 3 is 2.64 bits per heavy atom. The van der Waals surface area contributed by atoms with Crippen LogP contribution in [-0.4, -0.2) is 17.7 Å². The van der Waals surface area contributed by atoms with E-state index in [0.29, 0.717) is 5.92 Å². The molecule has 1 aliphatic rings. The van der Waals surface area contributed by atoms with E-state index in [2.05, 4.69) is 12.2 Å².